The van der Waals surface area contributed by atoms with E-state index in [1.54, 1.807) is 0 Å². The third-order valence-electron chi connectivity index (χ3n) is 6.93. The highest BCUT2D eigenvalue weighted by Crippen LogP contribution is 2.43. The van der Waals surface area contributed by atoms with Crippen LogP contribution in [0, 0.1) is 0 Å². The fourth-order valence-corrected chi connectivity index (χ4v) is 5.90. The van der Waals surface area contributed by atoms with Gasteiger partial charge in [0.05, 0.1) is 17.8 Å². The predicted octanol–water partition coefficient (Wildman–Crippen LogP) is 5.30. The molecule has 2 aliphatic carbocycles. The molecule has 1 saturated heterocycles. The van der Waals surface area contributed by atoms with Gasteiger partial charge in [0.25, 0.3) is 0 Å². The van der Waals surface area contributed by atoms with Crippen molar-refractivity contribution in [2.45, 2.75) is 82.0 Å². The van der Waals surface area contributed by atoms with E-state index in [4.69, 9.17) is 12.2 Å². The molecule has 0 spiro atoms. The molecule has 1 aliphatic heterocycles. The first-order chi connectivity index (χ1) is 13.8. The minimum atomic E-state index is 0.120. The third kappa shape index (κ3) is 3.34. The van der Waals surface area contributed by atoms with Crippen LogP contribution in [0.4, 0.5) is 0 Å². The van der Waals surface area contributed by atoms with Gasteiger partial charge in [0, 0.05) is 30.7 Å². The van der Waals surface area contributed by atoms with Gasteiger partial charge < -0.3 is 14.8 Å². The molecule has 5 rings (SSSR count). The molecule has 1 N–H and O–H groups in total. The predicted molar refractivity (Wildman–Crippen MR) is 116 cm³/mol. The highest BCUT2D eigenvalue weighted by molar-refractivity contribution is 7.80. The van der Waals surface area contributed by atoms with Crippen LogP contribution in [0.15, 0.2) is 42.9 Å². The summed E-state index contributed by atoms with van der Waals surface area (Å²) < 4.78 is 2.46. The SMILES string of the molecule is S=C1N[C@H](c2ccccn2)[C@@H](c2ccn(C3CCCC3)c2)N1C1CCCCC1. The van der Waals surface area contributed by atoms with Gasteiger partial charge >= 0.3 is 0 Å². The van der Waals surface area contributed by atoms with Crippen molar-refractivity contribution in [3.63, 3.8) is 0 Å². The summed E-state index contributed by atoms with van der Waals surface area (Å²) in [5.41, 5.74) is 2.46. The zero-order valence-electron chi connectivity index (χ0n) is 16.5. The Hall–Kier alpha value is -1.88. The Morgan fingerprint density at radius 2 is 1.68 bits per heavy atom. The molecular formula is C23H30N4S. The number of nitrogens with zero attached hydrogens (tertiary/aromatic N) is 3. The molecule has 0 amide bonds. The monoisotopic (exact) mass is 394 g/mol. The van der Waals surface area contributed by atoms with Crippen LogP contribution < -0.4 is 5.32 Å². The summed E-state index contributed by atoms with van der Waals surface area (Å²) in [7, 11) is 0. The van der Waals surface area contributed by atoms with Crippen molar-refractivity contribution in [1.29, 1.82) is 0 Å². The molecule has 148 valence electrons. The van der Waals surface area contributed by atoms with Gasteiger partial charge in [0.2, 0.25) is 0 Å². The second-order valence-electron chi connectivity index (χ2n) is 8.66. The van der Waals surface area contributed by atoms with Crippen molar-refractivity contribution < 1.29 is 0 Å². The smallest absolute Gasteiger partial charge is 0.170 e. The second kappa shape index (κ2) is 7.86. The number of aromatic nitrogens is 2. The van der Waals surface area contributed by atoms with Crippen LogP contribution in [-0.2, 0) is 0 Å². The largest absolute Gasteiger partial charge is 0.352 e. The molecule has 2 saturated carbocycles. The number of thiocarbonyl (C=S) groups is 1. The second-order valence-corrected chi connectivity index (χ2v) is 9.04. The van der Waals surface area contributed by atoms with Crippen molar-refractivity contribution >= 4 is 17.3 Å². The first-order valence-electron chi connectivity index (χ1n) is 11.0. The van der Waals surface area contributed by atoms with Gasteiger partial charge in [-0.2, -0.15) is 0 Å². The molecule has 2 aromatic heterocycles. The van der Waals surface area contributed by atoms with Crippen LogP contribution in [0.3, 0.4) is 0 Å². The first-order valence-corrected chi connectivity index (χ1v) is 11.4. The van der Waals surface area contributed by atoms with Crippen LogP contribution >= 0.6 is 12.2 Å². The van der Waals surface area contributed by atoms with Crippen molar-refractivity contribution in [3.8, 4) is 0 Å². The number of hydrogen-bond donors (Lipinski definition) is 1. The van der Waals surface area contributed by atoms with E-state index in [1.807, 2.05) is 12.3 Å². The number of pyridine rings is 1. The zero-order valence-corrected chi connectivity index (χ0v) is 17.3. The van der Waals surface area contributed by atoms with Gasteiger partial charge in [-0.1, -0.05) is 38.2 Å². The molecule has 28 heavy (non-hydrogen) atoms. The topological polar surface area (TPSA) is 33.1 Å². The summed E-state index contributed by atoms with van der Waals surface area (Å²) in [5.74, 6) is 0. The summed E-state index contributed by atoms with van der Waals surface area (Å²) in [6, 6.07) is 10.1. The average molecular weight is 395 g/mol. The molecule has 0 aromatic carbocycles. The lowest BCUT2D eigenvalue weighted by Gasteiger charge is -2.36. The fourth-order valence-electron chi connectivity index (χ4n) is 5.51. The lowest BCUT2D eigenvalue weighted by Crippen LogP contribution is -2.40. The Bertz CT molecular complexity index is 805. The number of rotatable bonds is 4. The van der Waals surface area contributed by atoms with Crippen molar-refractivity contribution in [2.24, 2.45) is 0 Å². The van der Waals surface area contributed by atoms with E-state index in [0.717, 1.165) is 10.8 Å². The van der Waals surface area contributed by atoms with Gasteiger partial charge in [-0.25, -0.2) is 0 Å². The Morgan fingerprint density at radius 3 is 2.43 bits per heavy atom. The molecule has 2 atom stereocenters. The van der Waals surface area contributed by atoms with E-state index in [2.05, 4.69) is 50.4 Å². The summed E-state index contributed by atoms with van der Waals surface area (Å²) >= 11 is 5.87. The van der Waals surface area contributed by atoms with E-state index in [0.29, 0.717) is 12.1 Å². The molecule has 0 unspecified atom stereocenters. The van der Waals surface area contributed by atoms with Crippen LogP contribution in [0.25, 0.3) is 0 Å². The van der Waals surface area contributed by atoms with Gasteiger partial charge in [0.15, 0.2) is 5.11 Å². The number of hydrogen-bond acceptors (Lipinski definition) is 2. The molecule has 3 fully saturated rings. The number of nitrogens with one attached hydrogen (secondary N) is 1. The van der Waals surface area contributed by atoms with Gasteiger partial charge in [0.1, 0.15) is 0 Å². The Morgan fingerprint density at radius 1 is 0.929 bits per heavy atom. The van der Waals surface area contributed by atoms with Gasteiger partial charge in [-0.15, -0.1) is 0 Å². The molecule has 5 heteroatoms. The molecule has 3 aliphatic rings. The summed E-state index contributed by atoms with van der Waals surface area (Å²) in [5, 5.41) is 4.53. The normalized spacial score (nSPS) is 26.7. The Balaban J connectivity index is 1.50. The van der Waals surface area contributed by atoms with Crippen LogP contribution in [0.2, 0.25) is 0 Å². The zero-order chi connectivity index (χ0) is 18.9. The minimum absolute atomic E-state index is 0.120. The van der Waals surface area contributed by atoms with Crippen molar-refractivity contribution in [1.82, 2.24) is 19.8 Å². The van der Waals surface area contributed by atoms with E-state index in [-0.39, 0.29) is 12.1 Å². The molecule has 4 nitrogen and oxygen atoms in total. The quantitative estimate of drug-likeness (QED) is 0.713. The van der Waals surface area contributed by atoms with E-state index < -0.39 is 0 Å². The fraction of sp³-hybridized carbons (Fsp3) is 0.565. The Kier molecular flexibility index (Phi) is 5.10. The van der Waals surface area contributed by atoms with Crippen LogP contribution in [0.5, 0.6) is 0 Å². The molecule has 0 bridgehead atoms. The minimum Gasteiger partial charge on any atom is -0.352 e. The molecule has 2 aromatic rings. The van der Waals surface area contributed by atoms with Gasteiger partial charge in [-0.05, 0) is 61.7 Å². The van der Waals surface area contributed by atoms with Crippen molar-refractivity contribution in [2.75, 3.05) is 0 Å². The first kappa shape index (κ1) is 18.2. The third-order valence-corrected chi connectivity index (χ3v) is 7.26. The van der Waals surface area contributed by atoms with E-state index in [9.17, 15) is 0 Å². The van der Waals surface area contributed by atoms with Gasteiger partial charge in [-0.3, -0.25) is 4.98 Å². The molecular weight excluding hydrogens is 364 g/mol. The Labute approximate surface area is 173 Å². The lowest BCUT2D eigenvalue weighted by molar-refractivity contribution is 0.197. The van der Waals surface area contributed by atoms with E-state index in [1.165, 1.54) is 63.4 Å². The molecule has 0 radical (unpaired) electrons. The van der Waals surface area contributed by atoms with Crippen molar-refractivity contribution in [3.05, 3.63) is 54.1 Å². The summed E-state index contributed by atoms with van der Waals surface area (Å²) in [6.45, 7) is 0. The maximum atomic E-state index is 5.87. The van der Waals surface area contributed by atoms with Crippen LogP contribution in [0.1, 0.15) is 87.2 Å². The van der Waals surface area contributed by atoms with Crippen LogP contribution in [-0.4, -0.2) is 25.6 Å². The highest BCUT2D eigenvalue weighted by Gasteiger charge is 2.43. The average Bonchev–Trinajstić information content (AvgIpc) is 3.48. The highest BCUT2D eigenvalue weighted by atomic mass is 32.1. The standard InChI is InChI=1S/C23H30N4S/c28-23-25-21(20-12-6-7-14-24-20)22(27(23)19-10-2-1-3-11-19)17-13-15-26(16-17)18-8-4-5-9-18/h6-7,12-16,18-19,21-22H,1-5,8-11H2,(H,25,28)/t21-,22-/m1/s1. The lowest BCUT2D eigenvalue weighted by atomic mass is 9.91. The summed E-state index contributed by atoms with van der Waals surface area (Å²) in [6.07, 6.45) is 18.4. The maximum Gasteiger partial charge on any atom is 0.170 e. The maximum absolute atomic E-state index is 5.87. The molecule has 3 heterocycles. The summed E-state index contributed by atoms with van der Waals surface area (Å²) in [4.78, 5) is 7.20. The van der Waals surface area contributed by atoms with E-state index >= 15 is 0 Å².